The second kappa shape index (κ2) is 7.84. The second-order valence-electron chi connectivity index (χ2n) is 3.39. The summed E-state index contributed by atoms with van der Waals surface area (Å²) >= 11 is 0. The maximum atomic E-state index is 11.1. The van der Waals surface area contributed by atoms with Crippen molar-refractivity contribution < 1.29 is 14.7 Å². The first-order valence-corrected chi connectivity index (χ1v) is 4.90. The molecule has 0 atom stereocenters. The molecule has 2 amide bonds. The molecule has 0 bridgehead atoms. The average molecular weight is 214 g/mol. The van der Waals surface area contributed by atoms with Gasteiger partial charge in [0, 0.05) is 19.5 Å². The Labute approximate surface area is 89.6 Å². The molecule has 0 rings (SSSR count). The standard InChI is InChI=1S/C10H18N2O3/c1-8(2)5-7-12-10(15)11-6-3-4-9(13)14/h1,3-7H2,2H3,(H,13,14)(H2,11,12,15). The lowest BCUT2D eigenvalue weighted by Gasteiger charge is -2.06. The zero-order chi connectivity index (χ0) is 11.7. The molecule has 0 aliphatic heterocycles. The van der Waals surface area contributed by atoms with Crippen molar-refractivity contribution in [2.45, 2.75) is 26.2 Å². The van der Waals surface area contributed by atoms with Crippen LogP contribution in [0.1, 0.15) is 26.2 Å². The van der Waals surface area contributed by atoms with Crippen LogP contribution < -0.4 is 10.6 Å². The number of carbonyl (C=O) groups is 2. The Hall–Kier alpha value is -1.52. The molecular weight excluding hydrogens is 196 g/mol. The first kappa shape index (κ1) is 13.5. The van der Waals surface area contributed by atoms with Crippen LogP contribution in [0.25, 0.3) is 0 Å². The predicted molar refractivity (Wildman–Crippen MR) is 57.7 cm³/mol. The van der Waals surface area contributed by atoms with Gasteiger partial charge in [0.2, 0.25) is 0 Å². The van der Waals surface area contributed by atoms with E-state index in [9.17, 15) is 9.59 Å². The number of carbonyl (C=O) groups excluding carboxylic acids is 1. The number of amides is 2. The molecule has 15 heavy (non-hydrogen) atoms. The van der Waals surface area contributed by atoms with Gasteiger partial charge in [-0.2, -0.15) is 0 Å². The van der Waals surface area contributed by atoms with Crippen LogP contribution in [0.4, 0.5) is 4.79 Å². The molecule has 0 unspecified atom stereocenters. The van der Waals surface area contributed by atoms with Crippen LogP contribution in [0.15, 0.2) is 12.2 Å². The highest BCUT2D eigenvalue weighted by atomic mass is 16.4. The van der Waals surface area contributed by atoms with E-state index in [-0.39, 0.29) is 12.5 Å². The summed E-state index contributed by atoms with van der Waals surface area (Å²) in [5, 5.41) is 13.6. The fourth-order valence-electron chi connectivity index (χ4n) is 0.893. The third-order valence-corrected chi connectivity index (χ3v) is 1.69. The number of carboxylic acid groups (broad SMARTS) is 1. The molecule has 5 heteroatoms. The van der Waals surface area contributed by atoms with E-state index in [2.05, 4.69) is 17.2 Å². The smallest absolute Gasteiger partial charge is 0.314 e. The van der Waals surface area contributed by atoms with Gasteiger partial charge < -0.3 is 15.7 Å². The largest absolute Gasteiger partial charge is 0.481 e. The highest BCUT2D eigenvalue weighted by Gasteiger charge is 2.00. The van der Waals surface area contributed by atoms with E-state index in [1.54, 1.807) is 0 Å². The number of urea groups is 1. The van der Waals surface area contributed by atoms with E-state index in [0.717, 1.165) is 12.0 Å². The highest BCUT2D eigenvalue weighted by Crippen LogP contribution is 1.91. The molecule has 3 N–H and O–H groups in total. The molecule has 0 aromatic heterocycles. The molecule has 0 fully saturated rings. The summed E-state index contributed by atoms with van der Waals surface area (Å²) in [5.41, 5.74) is 1.01. The lowest BCUT2D eigenvalue weighted by molar-refractivity contribution is -0.137. The molecule has 0 heterocycles. The van der Waals surface area contributed by atoms with E-state index >= 15 is 0 Å². The Balaban J connectivity index is 3.33. The van der Waals surface area contributed by atoms with Crippen LogP contribution in [0.5, 0.6) is 0 Å². The third kappa shape index (κ3) is 10.4. The number of hydrogen-bond donors (Lipinski definition) is 3. The van der Waals surface area contributed by atoms with Crippen LogP contribution in [-0.2, 0) is 4.79 Å². The Kier molecular flexibility index (Phi) is 7.05. The summed E-state index contributed by atoms with van der Waals surface area (Å²) in [5.74, 6) is -0.848. The molecule has 0 aliphatic carbocycles. The molecule has 0 aliphatic rings. The van der Waals surface area contributed by atoms with Crippen molar-refractivity contribution in [1.82, 2.24) is 10.6 Å². The lowest BCUT2D eigenvalue weighted by Crippen LogP contribution is -2.36. The molecular formula is C10H18N2O3. The van der Waals surface area contributed by atoms with E-state index in [0.29, 0.717) is 19.5 Å². The van der Waals surface area contributed by atoms with E-state index in [1.165, 1.54) is 0 Å². The quantitative estimate of drug-likeness (QED) is 0.439. The molecule has 0 spiro atoms. The van der Waals surface area contributed by atoms with Gasteiger partial charge in [-0.25, -0.2) is 4.79 Å². The molecule has 0 radical (unpaired) electrons. The van der Waals surface area contributed by atoms with Crippen molar-refractivity contribution >= 4 is 12.0 Å². The molecule has 0 saturated carbocycles. The number of aliphatic carboxylic acids is 1. The Morgan fingerprint density at radius 1 is 1.20 bits per heavy atom. The van der Waals surface area contributed by atoms with Crippen LogP contribution >= 0.6 is 0 Å². The minimum atomic E-state index is -0.848. The molecule has 0 saturated heterocycles. The number of nitrogens with one attached hydrogen (secondary N) is 2. The zero-order valence-corrected chi connectivity index (χ0v) is 9.01. The maximum absolute atomic E-state index is 11.1. The van der Waals surface area contributed by atoms with Crippen molar-refractivity contribution in [2.75, 3.05) is 13.1 Å². The van der Waals surface area contributed by atoms with Gasteiger partial charge in [-0.3, -0.25) is 4.79 Å². The normalized spacial score (nSPS) is 9.40. The molecule has 0 aromatic rings. The van der Waals surface area contributed by atoms with Gasteiger partial charge in [0.25, 0.3) is 0 Å². The average Bonchev–Trinajstić information content (AvgIpc) is 2.11. The summed E-state index contributed by atoms with van der Waals surface area (Å²) in [4.78, 5) is 21.2. The highest BCUT2D eigenvalue weighted by molar-refractivity contribution is 5.73. The first-order valence-electron chi connectivity index (χ1n) is 4.90. The fourth-order valence-corrected chi connectivity index (χ4v) is 0.893. The van der Waals surface area contributed by atoms with Crippen LogP contribution in [0.3, 0.4) is 0 Å². The van der Waals surface area contributed by atoms with Gasteiger partial charge in [0.1, 0.15) is 0 Å². The Morgan fingerprint density at radius 2 is 1.80 bits per heavy atom. The lowest BCUT2D eigenvalue weighted by atomic mass is 10.2. The van der Waals surface area contributed by atoms with E-state index < -0.39 is 5.97 Å². The molecule has 5 nitrogen and oxygen atoms in total. The summed E-state index contributed by atoms with van der Waals surface area (Å²) in [6, 6.07) is -0.262. The number of carboxylic acids is 1. The third-order valence-electron chi connectivity index (χ3n) is 1.69. The summed E-state index contributed by atoms with van der Waals surface area (Å²) in [6.45, 7) is 6.54. The topological polar surface area (TPSA) is 78.4 Å². The minimum Gasteiger partial charge on any atom is -0.481 e. The molecule has 86 valence electrons. The van der Waals surface area contributed by atoms with Gasteiger partial charge in [-0.1, -0.05) is 5.57 Å². The van der Waals surface area contributed by atoms with Crippen molar-refractivity contribution in [3.8, 4) is 0 Å². The van der Waals surface area contributed by atoms with E-state index in [4.69, 9.17) is 5.11 Å². The Bertz CT molecular complexity index is 239. The number of hydrogen-bond acceptors (Lipinski definition) is 2. The maximum Gasteiger partial charge on any atom is 0.314 e. The van der Waals surface area contributed by atoms with Crippen molar-refractivity contribution in [1.29, 1.82) is 0 Å². The van der Waals surface area contributed by atoms with Gasteiger partial charge in [-0.15, -0.1) is 6.58 Å². The van der Waals surface area contributed by atoms with Crippen LogP contribution in [0, 0.1) is 0 Å². The van der Waals surface area contributed by atoms with Gasteiger partial charge in [0.15, 0.2) is 0 Å². The summed E-state index contributed by atoms with van der Waals surface area (Å²) in [6.07, 6.45) is 1.28. The monoisotopic (exact) mass is 214 g/mol. The van der Waals surface area contributed by atoms with E-state index in [1.807, 2.05) is 6.92 Å². The predicted octanol–water partition coefficient (Wildman–Crippen LogP) is 1.12. The minimum absolute atomic E-state index is 0.0754. The number of rotatable bonds is 7. The van der Waals surface area contributed by atoms with Crippen LogP contribution in [-0.4, -0.2) is 30.2 Å². The fraction of sp³-hybridized carbons (Fsp3) is 0.600. The van der Waals surface area contributed by atoms with Gasteiger partial charge >= 0.3 is 12.0 Å². The first-order chi connectivity index (χ1) is 7.02. The van der Waals surface area contributed by atoms with Crippen molar-refractivity contribution in [2.24, 2.45) is 0 Å². The SMILES string of the molecule is C=C(C)CCNC(=O)NCCCC(=O)O. The summed E-state index contributed by atoms with van der Waals surface area (Å²) in [7, 11) is 0. The summed E-state index contributed by atoms with van der Waals surface area (Å²) < 4.78 is 0. The zero-order valence-electron chi connectivity index (χ0n) is 9.01. The van der Waals surface area contributed by atoms with Gasteiger partial charge in [-0.05, 0) is 19.8 Å². The Morgan fingerprint density at radius 3 is 2.33 bits per heavy atom. The second-order valence-corrected chi connectivity index (χ2v) is 3.39. The van der Waals surface area contributed by atoms with Crippen LogP contribution in [0.2, 0.25) is 0 Å². The van der Waals surface area contributed by atoms with Crippen molar-refractivity contribution in [3.63, 3.8) is 0 Å². The van der Waals surface area contributed by atoms with Crippen molar-refractivity contribution in [3.05, 3.63) is 12.2 Å². The van der Waals surface area contributed by atoms with Gasteiger partial charge in [0.05, 0.1) is 0 Å². The molecule has 0 aromatic carbocycles.